The summed E-state index contributed by atoms with van der Waals surface area (Å²) in [5.41, 5.74) is 4.82. The van der Waals surface area contributed by atoms with Crippen molar-refractivity contribution in [3.8, 4) is 0 Å². The Kier molecular flexibility index (Phi) is 2.80. The molecule has 2 rings (SSSR count). The van der Waals surface area contributed by atoms with Crippen molar-refractivity contribution in [3.05, 3.63) is 23.3 Å². The summed E-state index contributed by atoms with van der Waals surface area (Å²) in [4.78, 5) is 0. The van der Waals surface area contributed by atoms with Crippen LogP contribution in [0.3, 0.4) is 0 Å². The number of rotatable bonds is 0. The molecule has 0 N–H and O–H groups in total. The van der Waals surface area contributed by atoms with Gasteiger partial charge >= 0.3 is 0 Å². The number of hydrogen-bond donors (Lipinski definition) is 0. The second-order valence-electron chi connectivity index (χ2n) is 5.26. The molecule has 0 nitrogen and oxygen atoms in total. The van der Waals surface area contributed by atoms with Crippen molar-refractivity contribution in [2.75, 3.05) is 0 Å². The van der Waals surface area contributed by atoms with E-state index in [1.165, 1.54) is 38.5 Å². The van der Waals surface area contributed by atoms with Crippen LogP contribution in [0.5, 0.6) is 0 Å². The van der Waals surface area contributed by atoms with Crippen molar-refractivity contribution in [2.45, 2.75) is 52.4 Å². The van der Waals surface area contributed by atoms with E-state index in [4.69, 9.17) is 0 Å². The second-order valence-corrected chi connectivity index (χ2v) is 5.26. The monoisotopic (exact) mass is 190 g/mol. The standard InChI is InChI=1S/C14H22/c1-10(2)13-8-7-12-6-4-5-11(3)14(12)9-13/h12,14H,3-9H2,1-2H3/t12-,14+/m1/s1. The molecule has 0 amide bonds. The number of fused-ring (bicyclic) bond motifs is 1. The normalized spacial score (nSPS) is 32.7. The molecule has 0 radical (unpaired) electrons. The minimum absolute atomic E-state index is 0.836. The van der Waals surface area contributed by atoms with Crippen LogP contribution in [0.15, 0.2) is 23.3 Å². The van der Waals surface area contributed by atoms with Crippen molar-refractivity contribution in [1.82, 2.24) is 0 Å². The smallest absolute Gasteiger partial charge is 0.0140 e. The summed E-state index contributed by atoms with van der Waals surface area (Å²) in [5.74, 6) is 1.81. The van der Waals surface area contributed by atoms with Crippen LogP contribution in [0.2, 0.25) is 0 Å². The molecule has 2 aliphatic rings. The van der Waals surface area contributed by atoms with Gasteiger partial charge < -0.3 is 0 Å². The van der Waals surface area contributed by atoms with E-state index in [1.807, 2.05) is 0 Å². The lowest BCUT2D eigenvalue weighted by atomic mass is 9.67. The maximum atomic E-state index is 4.27. The molecule has 0 bridgehead atoms. The van der Waals surface area contributed by atoms with Gasteiger partial charge in [0.05, 0.1) is 0 Å². The zero-order chi connectivity index (χ0) is 10.1. The molecule has 0 unspecified atom stereocenters. The zero-order valence-corrected chi connectivity index (χ0v) is 9.60. The van der Waals surface area contributed by atoms with Gasteiger partial charge in [0.1, 0.15) is 0 Å². The lowest BCUT2D eigenvalue weighted by Crippen LogP contribution is -2.26. The highest BCUT2D eigenvalue weighted by molar-refractivity contribution is 5.19. The summed E-state index contributed by atoms with van der Waals surface area (Å²) < 4.78 is 0. The predicted octanol–water partition coefficient (Wildman–Crippen LogP) is 4.48. The van der Waals surface area contributed by atoms with Gasteiger partial charge in [-0.25, -0.2) is 0 Å². The van der Waals surface area contributed by atoms with Crippen molar-refractivity contribution in [1.29, 1.82) is 0 Å². The van der Waals surface area contributed by atoms with Gasteiger partial charge in [0.15, 0.2) is 0 Å². The average molecular weight is 190 g/mol. The summed E-state index contributed by atoms with van der Waals surface area (Å²) in [5, 5.41) is 0. The predicted molar refractivity (Wildman–Crippen MR) is 62.2 cm³/mol. The Morgan fingerprint density at radius 2 is 2.00 bits per heavy atom. The topological polar surface area (TPSA) is 0 Å². The van der Waals surface area contributed by atoms with Crippen LogP contribution in [0.4, 0.5) is 0 Å². The third kappa shape index (κ3) is 1.80. The summed E-state index contributed by atoms with van der Waals surface area (Å²) >= 11 is 0. The first-order chi connectivity index (χ1) is 6.68. The van der Waals surface area contributed by atoms with Crippen molar-refractivity contribution in [2.24, 2.45) is 11.8 Å². The third-order valence-corrected chi connectivity index (χ3v) is 4.16. The van der Waals surface area contributed by atoms with Gasteiger partial charge in [0, 0.05) is 0 Å². The average Bonchev–Trinajstić information content (AvgIpc) is 2.18. The Morgan fingerprint density at radius 3 is 2.71 bits per heavy atom. The first-order valence-corrected chi connectivity index (χ1v) is 6.01. The highest BCUT2D eigenvalue weighted by atomic mass is 14.4. The quantitative estimate of drug-likeness (QED) is 0.494. The van der Waals surface area contributed by atoms with Crippen LogP contribution in [0.1, 0.15) is 52.4 Å². The highest BCUT2D eigenvalue weighted by Crippen LogP contribution is 2.45. The highest BCUT2D eigenvalue weighted by Gasteiger charge is 2.31. The van der Waals surface area contributed by atoms with E-state index in [1.54, 1.807) is 16.7 Å². The fraction of sp³-hybridized carbons (Fsp3) is 0.714. The van der Waals surface area contributed by atoms with Gasteiger partial charge in [-0.15, -0.1) is 0 Å². The molecule has 2 atom stereocenters. The Balaban J connectivity index is 2.13. The van der Waals surface area contributed by atoms with E-state index in [2.05, 4.69) is 20.4 Å². The van der Waals surface area contributed by atoms with E-state index in [0.717, 1.165) is 11.8 Å². The van der Waals surface area contributed by atoms with E-state index in [9.17, 15) is 0 Å². The van der Waals surface area contributed by atoms with E-state index >= 15 is 0 Å². The molecular formula is C14H22. The molecular weight excluding hydrogens is 168 g/mol. The van der Waals surface area contributed by atoms with E-state index in [-0.39, 0.29) is 0 Å². The fourth-order valence-corrected chi connectivity index (χ4v) is 3.15. The van der Waals surface area contributed by atoms with Gasteiger partial charge in [0.25, 0.3) is 0 Å². The molecule has 0 aromatic heterocycles. The van der Waals surface area contributed by atoms with Crippen LogP contribution in [0.25, 0.3) is 0 Å². The maximum absolute atomic E-state index is 4.27. The molecule has 78 valence electrons. The fourth-order valence-electron chi connectivity index (χ4n) is 3.15. The van der Waals surface area contributed by atoms with Crippen LogP contribution >= 0.6 is 0 Å². The molecule has 2 aliphatic carbocycles. The van der Waals surface area contributed by atoms with Crippen molar-refractivity contribution in [3.63, 3.8) is 0 Å². The molecule has 0 spiro atoms. The molecule has 0 aromatic carbocycles. The van der Waals surface area contributed by atoms with Crippen LogP contribution in [0, 0.1) is 11.8 Å². The summed E-state index contributed by atoms with van der Waals surface area (Å²) in [7, 11) is 0. The molecule has 2 fully saturated rings. The molecule has 0 saturated heterocycles. The first-order valence-electron chi connectivity index (χ1n) is 6.01. The van der Waals surface area contributed by atoms with Crippen molar-refractivity contribution < 1.29 is 0 Å². The number of allylic oxidation sites excluding steroid dienone is 3. The molecule has 0 aromatic rings. The van der Waals surface area contributed by atoms with Gasteiger partial charge in [-0.1, -0.05) is 23.3 Å². The van der Waals surface area contributed by atoms with Crippen LogP contribution in [-0.2, 0) is 0 Å². The minimum atomic E-state index is 0.836. The largest absolute Gasteiger partial charge is 0.0996 e. The molecule has 0 heterocycles. The van der Waals surface area contributed by atoms with Crippen LogP contribution in [-0.4, -0.2) is 0 Å². The Bertz CT molecular complexity index is 266. The first kappa shape index (κ1) is 10.0. The lowest BCUT2D eigenvalue weighted by molar-refractivity contribution is 0.256. The molecule has 2 saturated carbocycles. The Labute approximate surface area is 88.1 Å². The lowest BCUT2D eigenvalue weighted by Gasteiger charge is -2.38. The van der Waals surface area contributed by atoms with Gasteiger partial charge in [-0.05, 0) is 64.2 Å². The SMILES string of the molecule is C=C1CCC[C@@H]2CCC(=C(C)C)C[C@@H]12. The van der Waals surface area contributed by atoms with Crippen molar-refractivity contribution >= 4 is 0 Å². The molecule has 0 heteroatoms. The second kappa shape index (κ2) is 3.92. The minimum Gasteiger partial charge on any atom is -0.0996 e. The Hall–Kier alpha value is -0.520. The number of hydrogen-bond acceptors (Lipinski definition) is 0. The van der Waals surface area contributed by atoms with Gasteiger partial charge in [-0.3, -0.25) is 0 Å². The zero-order valence-electron chi connectivity index (χ0n) is 9.60. The summed E-state index contributed by atoms with van der Waals surface area (Å²) in [6, 6.07) is 0. The molecule has 14 heavy (non-hydrogen) atoms. The van der Waals surface area contributed by atoms with E-state index in [0.29, 0.717) is 0 Å². The Morgan fingerprint density at radius 1 is 1.21 bits per heavy atom. The van der Waals surface area contributed by atoms with E-state index < -0.39 is 0 Å². The van der Waals surface area contributed by atoms with Gasteiger partial charge in [-0.2, -0.15) is 0 Å². The van der Waals surface area contributed by atoms with Crippen LogP contribution < -0.4 is 0 Å². The molecule has 0 aliphatic heterocycles. The summed E-state index contributed by atoms with van der Waals surface area (Å²) in [6.45, 7) is 8.80. The maximum Gasteiger partial charge on any atom is -0.0140 e. The van der Waals surface area contributed by atoms with Gasteiger partial charge in [0.2, 0.25) is 0 Å². The third-order valence-electron chi connectivity index (χ3n) is 4.16. The summed E-state index contributed by atoms with van der Waals surface area (Å²) in [6.07, 6.45) is 8.24.